The number of nitrogens with two attached hydrogens (primary N) is 1. The predicted octanol–water partition coefficient (Wildman–Crippen LogP) is 0.123. The Morgan fingerprint density at radius 1 is 1.62 bits per heavy atom. The lowest BCUT2D eigenvalue weighted by atomic mass is 10.5. The van der Waals surface area contributed by atoms with Gasteiger partial charge < -0.3 is 5.73 Å². The Morgan fingerprint density at radius 3 is 2.25 bits per heavy atom. The molecule has 0 saturated carbocycles. The molecule has 50 valence electrons. The Balaban J connectivity index is 3.05. The molecular formula is C5H13NOS. The van der Waals surface area contributed by atoms with Crippen molar-refractivity contribution < 1.29 is 4.79 Å². The molecule has 0 aliphatic carbocycles. The van der Waals surface area contributed by atoms with Gasteiger partial charge in [-0.05, 0) is 18.3 Å². The van der Waals surface area contributed by atoms with Gasteiger partial charge in [-0.3, -0.25) is 15.7 Å². The van der Waals surface area contributed by atoms with Crippen LogP contribution >= 0.6 is 10.9 Å². The Hall–Kier alpha value is -0.180. The summed E-state index contributed by atoms with van der Waals surface area (Å²) in [6, 6.07) is 0. The minimum Gasteiger partial charge on any atom is -0.370 e. The van der Waals surface area contributed by atoms with Crippen molar-refractivity contribution in [2.24, 2.45) is 5.73 Å². The van der Waals surface area contributed by atoms with Gasteiger partial charge in [0.1, 0.15) is 0 Å². The molecule has 0 aromatic heterocycles. The smallest absolute Gasteiger partial charge is 0.218 e. The topological polar surface area (TPSA) is 43.1 Å². The zero-order valence-corrected chi connectivity index (χ0v) is 6.24. The standard InChI is InChI=1S/C5H13NOS/c1-8(2)4-3-5(6)7/h8H,3-4H2,1-2H3,(H2,6,7). The van der Waals surface area contributed by atoms with E-state index in [-0.39, 0.29) is 16.8 Å². The highest BCUT2D eigenvalue weighted by Gasteiger charge is 1.93. The molecule has 0 heterocycles. The van der Waals surface area contributed by atoms with Crippen molar-refractivity contribution in [2.45, 2.75) is 6.42 Å². The molecule has 0 aromatic rings. The molecule has 0 aliphatic rings. The zero-order chi connectivity index (χ0) is 6.57. The first-order valence-corrected chi connectivity index (χ1v) is 4.98. The van der Waals surface area contributed by atoms with E-state index in [4.69, 9.17) is 5.73 Å². The fraction of sp³-hybridized carbons (Fsp3) is 0.800. The summed E-state index contributed by atoms with van der Waals surface area (Å²) in [4.78, 5) is 10.1. The number of hydrogen-bond donors (Lipinski definition) is 2. The molecule has 0 aliphatic heterocycles. The second kappa shape index (κ2) is 3.78. The zero-order valence-electron chi connectivity index (χ0n) is 5.35. The van der Waals surface area contributed by atoms with Crippen LogP contribution in [-0.2, 0) is 4.79 Å². The third-order valence-electron chi connectivity index (χ3n) is 0.805. The molecule has 0 aromatic carbocycles. The Bertz CT molecular complexity index is 82.5. The third kappa shape index (κ3) is 5.82. The molecule has 0 bridgehead atoms. The van der Waals surface area contributed by atoms with Gasteiger partial charge in [-0.2, -0.15) is 0 Å². The molecule has 0 atom stereocenters. The predicted molar refractivity (Wildman–Crippen MR) is 39.5 cm³/mol. The van der Waals surface area contributed by atoms with Gasteiger partial charge in [0.05, 0.1) is 0 Å². The van der Waals surface area contributed by atoms with Gasteiger partial charge >= 0.3 is 0 Å². The first-order chi connectivity index (χ1) is 3.63. The molecule has 3 heteroatoms. The van der Waals surface area contributed by atoms with E-state index in [9.17, 15) is 4.79 Å². The van der Waals surface area contributed by atoms with E-state index in [0.29, 0.717) is 6.42 Å². The second-order valence-electron chi connectivity index (χ2n) is 2.02. The van der Waals surface area contributed by atoms with Gasteiger partial charge in [0, 0.05) is 6.42 Å². The van der Waals surface area contributed by atoms with E-state index in [1.165, 1.54) is 0 Å². The minimum atomic E-state index is -0.179. The number of carbonyl (C=O) groups excluding carboxylic acids is 1. The fourth-order valence-electron chi connectivity index (χ4n) is 0.334. The van der Waals surface area contributed by atoms with E-state index in [0.717, 1.165) is 5.75 Å². The van der Waals surface area contributed by atoms with Crippen LogP contribution in [0.2, 0.25) is 0 Å². The second-order valence-corrected chi connectivity index (χ2v) is 4.63. The summed E-state index contributed by atoms with van der Waals surface area (Å²) < 4.78 is 0. The van der Waals surface area contributed by atoms with Crippen LogP contribution in [0.4, 0.5) is 0 Å². The first kappa shape index (κ1) is 7.82. The quantitative estimate of drug-likeness (QED) is 0.530. The number of hydrogen-bond acceptors (Lipinski definition) is 1. The van der Waals surface area contributed by atoms with Gasteiger partial charge in [-0.25, -0.2) is 0 Å². The van der Waals surface area contributed by atoms with Crippen molar-refractivity contribution in [1.29, 1.82) is 0 Å². The molecular weight excluding hydrogens is 122 g/mol. The largest absolute Gasteiger partial charge is 0.370 e. The summed E-state index contributed by atoms with van der Waals surface area (Å²) in [5.41, 5.74) is 4.91. The SMILES string of the molecule is C[SH](C)CCC(N)=O. The van der Waals surface area contributed by atoms with Crippen LogP contribution in [-0.4, -0.2) is 24.2 Å². The number of primary amides is 1. The molecule has 0 radical (unpaired) electrons. The molecule has 2 nitrogen and oxygen atoms in total. The van der Waals surface area contributed by atoms with Crippen molar-refractivity contribution in [2.75, 3.05) is 18.3 Å². The van der Waals surface area contributed by atoms with E-state index < -0.39 is 0 Å². The highest BCUT2D eigenvalue weighted by molar-refractivity contribution is 8.15. The van der Waals surface area contributed by atoms with E-state index in [2.05, 4.69) is 12.5 Å². The summed E-state index contributed by atoms with van der Waals surface area (Å²) >= 11 is 0. The summed E-state index contributed by atoms with van der Waals surface area (Å²) in [5, 5.41) is 0. The molecule has 0 fully saturated rings. The first-order valence-electron chi connectivity index (χ1n) is 2.56. The highest BCUT2D eigenvalue weighted by atomic mass is 32.2. The Labute approximate surface area is 52.8 Å². The summed E-state index contributed by atoms with van der Waals surface area (Å²) in [5.74, 6) is 0.797. The van der Waals surface area contributed by atoms with E-state index >= 15 is 0 Å². The van der Waals surface area contributed by atoms with Gasteiger partial charge in [0.2, 0.25) is 5.91 Å². The summed E-state index contributed by atoms with van der Waals surface area (Å²) in [7, 11) is 0.0662. The molecule has 8 heavy (non-hydrogen) atoms. The lowest BCUT2D eigenvalue weighted by Crippen LogP contribution is -2.11. The highest BCUT2D eigenvalue weighted by Crippen LogP contribution is 2.12. The summed E-state index contributed by atoms with van der Waals surface area (Å²) in [6.07, 6.45) is 4.83. The Kier molecular flexibility index (Phi) is 3.69. The number of carbonyl (C=O) groups is 1. The minimum absolute atomic E-state index is 0.0662. The normalized spacial score (nSPS) is 11.0. The fourth-order valence-corrected chi connectivity index (χ4v) is 1.00. The van der Waals surface area contributed by atoms with Crippen LogP contribution < -0.4 is 5.73 Å². The van der Waals surface area contributed by atoms with Crippen LogP contribution in [0.5, 0.6) is 0 Å². The molecule has 0 rings (SSSR count). The van der Waals surface area contributed by atoms with E-state index in [1.54, 1.807) is 0 Å². The van der Waals surface area contributed by atoms with Crippen molar-refractivity contribution in [3.05, 3.63) is 0 Å². The van der Waals surface area contributed by atoms with Crippen molar-refractivity contribution in [3.63, 3.8) is 0 Å². The number of rotatable bonds is 3. The van der Waals surface area contributed by atoms with Crippen LogP contribution in [0.1, 0.15) is 6.42 Å². The van der Waals surface area contributed by atoms with Gasteiger partial charge in [0.15, 0.2) is 0 Å². The Morgan fingerprint density at radius 2 is 2.12 bits per heavy atom. The molecule has 0 unspecified atom stereocenters. The number of amides is 1. The lowest BCUT2D eigenvalue weighted by molar-refractivity contribution is -0.117. The van der Waals surface area contributed by atoms with Crippen molar-refractivity contribution in [1.82, 2.24) is 0 Å². The average molecular weight is 135 g/mol. The maximum absolute atomic E-state index is 10.1. The maximum Gasteiger partial charge on any atom is 0.218 e. The summed E-state index contributed by atoms with van der Waals surface area (Å²) in [6.45, 7) is 0. The van der Waals surface area contributed by atoms with Gasteiger partial charge in [-0.1, -0.05) is 0 Å². The molecule has 2 N–H and O–H groups in total. The number of thiol groups is 1. The van der Waals surface area contributed by atoms with Crippen LogP contribution in [0, 0.1) is 0 Å². The van der Waals surface area contributed by atoms with Crippen LogP contribution in [0.25, 0.3) is 0 Å². The van der Waals surface area contributed by atoms with Crippen LogP contribution in [0.3, 0.4) is 0 Å². The average Bonchev–Trinajstić information content (AvgIpc) is 1.61. The lowest BCUT2D eigenvalue weighted by Gasteiger charge is -2.04. The van der Waals surface area contributed by atoms with Crippen molar-refractivity contribution >= 4 is 16.8 Å². The van der Waals surface area contributed by atoms with Gasteiger partial charge in [0.25, 0.3) is 0 Å². The van der Waals surface area contributed by atoms with Crippen LogP contribution in [0.15, 0.2) is 0 Å². The van der Waals surface area contributed by atoms with Crippen molar-refractivity contribution in [3.8, 4) is 0 Å². The monoisotopic (exact) mass is 135 g/mol. The maximum atomic E-state index is 10.1. The van der Waals surface area contributed by atoms with E-state index in [1.807, 2.05) is 0 Å². The molecule has 0 saturated heterocycles. The molecule has 1 amide bonds. The third-order valence-corrected chi connectivity index (χ3v) is 1.92. The van der Waals surface area contributed by atoms with Gasteiger partial charge in [-0.15, -0.1) is 0 Å². The molecule has 0 spiro atoms.